The summed E-state index contributed by atoms with van der Waals surface area (Å²) in [5.74, 6) is -2.61. The highest BCUT2D eigenvalue weighted by Gasteiger charge is 2.44. The number of aromatic nitrogens is 2. The van der Waals surface area contributed by atoms with Crippen LogP contribution in [0.5, 0.6) is 0 Å². The summed E-state index contributed by atoms with van der Waals surface area (Å²) in [5.41, 5.74) is 1.18. The lowest BCUT2D eigenvalue weighted by Crippen LogP contribution is -2.50. The van der Waals surface area contributed by atoms with Crippen molar-refractivity contribution in [1.29, 1.82) is 0 Å². The molecule has 4 rings (SSSR count). The largest absolute Gasteiger partial charge is 0.479 e. The number of para-hydroxylation sites is 2. The van der Waals surface area contributed by atoms with Gasteiger partial charge in [0.25, 0.3) is 0 Å². The molecule has 1 N–H and O–H groups in total. The SMILES string of the molecule is O=C(O)C1(n2cnc3ccccc32)CCN(Cc2ccc(F)c(F)c2)CC1. The van der Waals surface area contributed by atoms with Gasteiger partial charge in [-0.3, -0.25) is 4.90 Å². The Morgan fingerprint density at radius 1 is 1.11 bits per heavy atom. The zero-order valence-electron chi connectivity index (χ0n) is 14.6. The first-order chi connectivity index (χ1) is 13.0. The number of rotatable bonds is 4. The van der Waals surface area contributed by atoms with Crippen LogP contribution in [-0.2, 0) is 16.9 Å². The number of hydrogen-bond donors (Lipinski definition) is 1. The van der Waals surface area contributed by atoms with Crippen LogP contribution in [0.15, 0.2) is 48.8 Å². The van der Waals surface area contributed by atoms with E-state index in [0.717, 1.165) is 17.1 Å². The van der Waals surface area contributed by atoms with Gasteiger partial charge in [-0.25, -0.2) is 18.6 Å². The van der Waals surface area contributed by atoms with Gasteiger partial charge in [-0.05, 0) is 42.7 Å². The van der Waals surface area contributed by atoms with Crippen LogP contribution in [0.25, 0.3) is 11.0 Å². The van der Waals surface area contributed by atoms with E-state index in [1.807, 2.05) is 24.3 Å². The highest BCUT2D eigenvalue weighted by atomic mass is 19.2. The van der Waals surface area contributed by atoms with Crippen molar-refractivity contribution in [2.75, 3.05) is 13.1 Å². The summed E-state index contributed by atoms with van der Waals surface area (Å²) >= 11 is 0. The lowest BCUT2D eigenvalue weighted by atomic mass is 9.86. The average molecular weight is 371 g/mol. The number of carbonyl (C=O) groups is 1. The Hall–Kier alpha value is -2.80. The summed E-state index contributed by atoms with van der Waals surface area (Å²) in [6, 6.07) is 11.3. The molecule has 1 saturated heterocycles. The molecule has 5 nitrogen and oxygen atoms in total. The van der Waals surface area contributed by atoms with Crippen molar-refractivity contribution in [1.82, 2.24) is 14.5 Å². The number of hydrogen-bond acceptors (Lipinski definition) is 3. The third kappa shape index (κ3) is 3.08. The molecule has 0 amide bonds. The second-order valence-corrected chi connectivity index (χ2v) is 6.96. The Labute approximate surface area is 154 Å². The molecule has 2 heterocycles. The van der Waals surface area contributed by atoms with E-state index < -0.39 is 23.1 Å². The van der Waals surface area contributed by atoms with Crippen molar-refractivity contribution < 1.29 is 18.7 Å². The normalized spacial score (nSPS) is 17.3. The van der Waals surface area contributed by atoms with Crippen molar-refractivity contribution in [2.45, 2.75) is 24.9 Å². The first-order valence-corrected chi connectivity index (χ1v) is 8.82. The Morgan fingerprint density at radius 3 is 2.56 bits per heavy atom. The quantitative estimate of drug-likeness (QED) is 0.764. The first-order valence-electron chi connectivity index (χ1n) is 8.82. The summed E-state index contributed by atoms with van der Waals surface area (Å²) < 4.78 is 28.3. The number of nitrogens with zero attached hydrogens (tertiary/aromatic N) is 3. The molecular formula is C20H19F2N3O2. The molecule has 0 atom stereocenters. The Balaban J connectivity index is 1.56. The summed E-state index contributed by atoms with van der Waals surface area (Å²) in [5, 5.41) is 10.0. The van der Waals surface area contributed by atoms with Gasteiger partial charge in [0, 0.05) is 19.6 Å². The van der Waals surface area contributed by atoms with Gasteiger partial charge in [-0.2, -0.15) is 0 Å². The van der Waals surface area contributed by atoms with E-state index in [9.17, 15) is 18.7 Å². The van der Waals surface area contributed by atoms with Crippen molar-refractivity contribution in [3.63, 3.8) is 0 Å². The van der Waals surface area contributed by atoms with Crippen molar-refractivity contribution in [3.8, 4) is 0 Å². The van der Waals surface area contributed by atoms with Gasteiger partial charge in [0.1, 0.15) is 5.54 Å². The van der Waals surface area contributed by atoms with E-state index >= 15 is 0 Å². The fourth-order valence-corrected chi connectivity index (χ4v) is 3.84. The molecule has 2 aromatic carbocycles. The smallest absolute Gasteiger partial charge is 0.330 e. The molecular weight excluding hydrogens is 352 g/mol. The summed E-state index contributed by atoms with van der Waals surface area (Å²) in [4.78, 5) is 18.6. The maximum atomic E-state index is 13.4. The monoisotopic (exact) mass is 371 g/mol. The van der Waals surface area contributed by atoms with Crippen LogP contribution in [-0.4, -0.2) is 38.6 Å². The minimum atomic E-state index is -1.05. The van der Waals surface area contributed by atoms with E-state index in [1.54, 1.807) is 17.0 Å². The molecule has 0 bridgehead atoms. The maximum Gasteiger partial charge on any atom is 0.330 e. The van der Waals surface area contributed by atoms with Crippen molar-refractivity contribution in [3.05, 3.63) is 66.0 Å². The highest BCUT2D eigenvalue weighted by Crippen LogP contribution is 2.34. The third-order valence-corrected chi connectivity index (χ3v) is 5.39. The summed E-state index contributed by atoms with van der Waals surface area (Å²) in [6.45, 7) is 1.53. The van der Waals surface area contributed by atoms with Crippen LogP contribution in [0.2, 0.25) is 0 Å². The molecule has 7 heteroatoms. The van der Waals surface area contributed by atoms with Gasteiger partial charge < -0.3 is 9.67 Å². The average Bonchev–Trinajstić information content (AvgIpc) is 3.10. The first kappa shape index (κ1) is 17.6. The van der Waals surface area contributed by atoms with Gasteiger partial charge in [-0.15, -0.1) is 0 Å². The van der Waals surface area contributed by atoms with E-state index in [2.05, 4.69) is 9.88 Å². The Kier molecular flexibility index (Phi) is 4.39. The number of fused-ring (bicyclic) bond motifs is 1. The van der Waals surface area contributed by atoms with Crippen molar-refractivity contribution in [2.24, 2.45) is 0 Å². The Bertz CT molecular complexity index is 994. The van der Waals surface area contributed by atoms with Gasteiger partial charge in [0.2, 0.25) is 0 Å². The van der Waals surface area contributed by atoms with Crippen molar-refractivity contribution >= 4 is 17.0 Å². The highest BCUT2D eigenvalue weighted by molar-refractivity contribution is 5.82. The number of piperidine rings is 1. The number of likely N-dealkylation sites (tertiary alicyclic amines) is 1. The van der Waals surface area contributed by atoms with Crippen LogP contribution < -0.4 is 0 Å². The van der Waals surface area contributed by atoms with Gasteiger partial charge in [0.15, 0.2) is 11.6 Å². The second kappa shape index (κ2) is 6.74. The second-order valence-electron chi connectivity index (χ2n) is 6.96. The molecule has 0 unspecified atom stereocenters. The van der Waals surface area contributed by atoms with Crippen LogP contribution in [0, 0.1) is 11.6 Å². The maximum absolute atomic E-state index is 13.4. The molecule has 0 radical (unpaired) electrons. The van der Waals surface area contributed by atoms with Gasteiger partial charge >= 0.3 is 5.97 Å². The van der Waals surface area contributed by atoms with Crippen LogP contribution in [0.4, 0.5) is 8.78 Å². The molecule has 140 valence electrons. The van der Waals surface area contributed by atoms with Crippen LogP contribution in [0.3, 0.4) is 0 Å². The molecule has 1 aliphatic rings. The topological polar surface area (TPSA) is 58.4 Å². The standard InChI is InChI=1S/C20H19F2N3O2/c21-15-6-5-14(11-16(15)22)12-24-9-7-20(8-10-24,19(26)27)25-13-23-17-3-1-2-4-18(17)25/h1-6,11,13H,7-10,12H2,(H,26,27). The molecule has 1 aliphatic heterocycles. The van der Waals surface area contributed by atoms with E-state index in [-0.39, 0.29) is 0 Å². The number of carboxylic acids is 1. The number of aliphatic carboxylic acids is 1. The zero-order valence-corrected chi connectivity index (χ0v) is 14.6. The molecule has 1 aromatic heterocycles. The van der Waals surface area contributed by atoms with E-state index in [4.69, 9.17) is 0 Å². The molecule has 0 aliphatic carbocycles. The number of halogens is 2. The van der Waals surface area contributed by atoms with Crippen LogP contribution >= 0.6 is 0 Å². The Morgan fingerprint density at radius 2 is 1.85 bits per heavy atom. The molecule has 0 spiro atoms. The number of imidazole rings is 1. The number of benzene rings is 2. The molecule has 27 heavy (non-hydrogen) atoms. The number of carboxylic acid groups (broad SMARTS) is 1. The van der Waals surface area contributed by atoms with Crippen LogP contribution in [0.1, 0.15) is 18.4 Å². The molecule has 0 saturated carbocycles. The molecule has 1 fully saturated rings. The summed E-state index contributed by atoms with van der Waals surface area (Å²) in [7, 11) is 0. The fourth-order valence-electron chi connectivity index (χ4n) is 3.84. The lowest BCUT2D eigenvalue weighted by Gasteiger charge is -2.40. The van der Waals surface area contributed by atoms with E-state index in [1.165, 1.54) is 6.07 Å². The fraction of sp³-hybridized carbons (Fsp3) is 0.300. The predicted octanol–water partition coefficient (Wildman–Crippen LogP) is 3.39. The third-order valence-electron chi connectivity index (χ3n) is 5.39. The van der Waals surface area contributed by atoms with Gasteiger partial charge in [0.05, 0.1) is 17.4 Å². The minimum Gasteiger partial charge on any atom is -0.479 e. The zero-order chi connectivity index (χ0) is 19.0. The van der Waals surface area contributed by atoms with E-state index in [0.29, 0.717) is 38.0 Å². The summed E-state index contributed by atoms with van der Waals surface area (Å²) in [6.07, 6.45) is 2.42. The molecule has 3 aromatic rings. The minimum absolute atomic E-state index is 0.409. The van der Waals surface area contributed by atoms with Gasteiger partial charge in [-0.1, -0.05) is 18.2 Å². The lowest BCUT2D eigenvalue weighted by molar-refractivity contribution is -0.150. The predicted molar refractivity (Wildman–Crippen MR) is 96.2 cm³/mol.